The van der Waals surface area contributed by atoms with Crippen molar-refractivity contribution in [3.05, 3.63) is 75.1 Å². The van der Waals surface area contributed by atoms with Crippen LogP contribution >= 0.6 is 11.6 Å². The van der Waals surface area contributed by atoms with Crippen LogP contribution in [0.15, 0.2) is 58.9 Å². The van der Waals surface area contributed by atoms with Crippen molar-refractivity contribution in [2.75, 3.05) is 13.9 Å². The topological polar surface area (TPSA) is 83.1 Å². The third kappa shape index (κ3) is 4.43. The SMILES string of the molecule is COc1ccc([C@H]2CC(=O)C3=C(C2)NC(C)=C(C(=O)OC2CCCC2)[C@@H]3c2cc3c(cc2Cl)OCO3)cc1. The molecule has 0 unspecified atom stereocenters. The fraction of sp³-hybridized carbons (Fsp3) is 0.400. The van der Waals surface area contributed by atoms with E-state index in [0.29, 0.717) is 51.8 Å². The van der Waals surface area contributed by atoms with E-state index in [4.69, 9.17) is 30.5 Å². The van der Waals surface area contributed by atoms with Gasteiger partial charge in [-0.25, -0.2) is 4.79 Å². The summed E-state index contributed by atoms with van der Waals surface area (Å²) in [6.07, 6.45) is 4.67. The molecule has 2 aromatic rings. The average molecular weight is 536 g/mol. The second-order valence-corrected chi connectivity index (χ2v) is 10.7. The molecule has 8 heteroatoms. The van der Waals surface area contributed by atoms with Crippen LogP contribution in [0.3, 0.4) is 0 Å². The molecule has 1 fully saturated rings. The Hall–Kier alpha value is -3.45. The van der Waals surface area contributed by atoms with Crippen molar-refractivity contribution in [2.45, 2.75) is 63.4 Å². The van der Waals surface area contributed by atoms with Gasteiger partial charge in [0.05, 0.1) is 12.7 Å². The van der Waals surface area contributed by atoms with Crippen molar-refractivity contribution in [1.29, 1.82) is 0 Å². The van der Waals surface area contributed by atoms with E-state index in [-0.39, 0.29) is 24.6 Å². The lowest BCUT2D eigenvalue weighted by molar-refractivity contribution is -0.144. The van der Waals surface area contributed by atoms with Crippen LogP contribution in [0.5, 0.6) is 17.2 Å². The molecule has 4 aliphatic rings. The second kappa shape index (κ2) is 10.0. The first-order chi connectivity index (χ1) is 18.4. The first kappa shape index (κ1) is 24.9. The molecular weight excluding hydrogens is 506 g/mol. The van der Waals surface area contributed by atoms with Crippen molar-refractivity contribution in [3.8, 4) is 17.2 Å². The van der Waals surface area contributed by atoms with Gasteiger partial charge in [-0.15, -0.1) is 0 Å². The molecule has 7 nitrogen and oxygen atoms in total. The Labute approximate surface area is 226 Å². The van der Waals surface area contributed by atoms with Crippen LogP contribution < -0.4 is 19.5 Å². The van der Waals surface area contributed by atoms with E-state index in [2.05, 4.69) is 5.32 Å². The van der Waals surface area contributed by atoms with Crippen LogP contribution in [0.1, 0.15) is 68.4 Å². The summed E-state index contributed by atoms with van der Waals surface area (Å²) in [5.74, 6) is 0.791. The zero-order valence-electron chi connectivity index (χ0n) is 21.5. The number of allylic oxidation sites excluding steroid dienone is 3. The number of halogens is 1. The molecule has 6 rings (SSSR count). The van der Waals surface area contributed by atoms with Gasteiger partial charge in [0.2, 0.25) is 6.79 Å². The molecule has 2 aliphatic carbocycles. The average Bonchev–Trinajstić information content (AvgIpc) is 3.59. The number of ether oxygens (including phenoxy) is 4. The third-order valence-electron chi connectivity index (χ3n) is 8.01. The number of hydrogen-bond donors (Lipinski definition) is 1. The van der Waals surface area contributed by atoms with E-state index in [1.807, 2.05) is 31.2 Å². The molecule has 1 N–H and O–H groups in total. The maximum Gasteiger partial charge on any atom is 0.337 e. The van der Waals surface area contributed by atoms with Crippen molar-refractivity contribution < 1.29 is 28.5 Å². The van der Waals surface area contributed by atoms with Crippen molar-refractivity contribution in [3.63, 3.8) is 0 Å². The fourth-order valence-corrected chi connectivity index (χ4v) is 6.37. The number of benzene rings is 2. The molecule has 0 spiro atoms. The number of ketones is 1. The van der Waals surface area contributed by atoms with Gasteiger partial charge in [-0.3, -0.25) is 4.79 Å². The molecule has 0 amide bonds. The van der Waals surface area contributed by atoms with Gasteiger partial charge < -0.3 is 24.3 Å². The zero-order chi connectivity index (χ0) is 26.4. The van der Waals surface area contributed by atoms with E-state index in [9.17, 15) is 9.59 Å². The molecule has 2 aliphatic heterocycles. The molecule has 0 bridgehead atoms. The highest BCUT2D eigenvalue weighted by atomic mass is 35.5. The summed E-state index contributed by atoms with van der Waals surface area (Å²) in [6.45, 7) is 1.97. The largest absolute Gasteiger partial charge is 0.497 e. The number of dihydropyridines is 1. The van der Waals surface area contributed by atoms with Crippen molar-refractivity contribution in [1.82, 2.24) is 5.32 Å². The second-order valence-electron chi connectivity index (χ2n) is 10.3. The number of carbonyl (C=O) groups is 2. The monoisotopic (exact) mass is 535 g/mol. The first-order valence-electron chi connectivity index (χ1n) is 13.1. The van der Waals surface area contributed by atoms with Crippen LogP contribution in [-0.4, -0.2) is 31.8 Å². The smallest absolute Gasteiger partial charge is 0.337 e. The Balaban J connectivity index is 1.41. The number of fused-ring (bicyclic) bond motifs is 1. The summed E-state index contributed by atoms with van der Waals surface area (Å²) in [4.78, 5) is 27.5. The number of rotatable bonds is 5. The predicted molar refractivity (Wildman–Crippen MR) is 142 cm³/mol. The summed E-state index contributed by atoms with van der Waals surface area (Å²) >= 11 is 6.78. The first-order valence-corrected chi connectivity index (χ1v) is 13.5. The summed E-state index contributed by atoms with van der Waals surface area (Å²) < 4.78 is 22.4. The van der Waals surface area contributed by atoms with Gasteiger partial charge in [0, 0.05) is 40.4 Å². The highest BCUT2D eigenvalue weighted by Gasteiger charge is 2.43. The lowest BCUT2D eigenvalue weighted by Gasteiger charge is -2.37. The van der Waals surface area contributed by atoms with Crippen molar-refractivity contribution >= 4 is 23.4 Å². The number of nitrogens with one attached hydrogen (secondary N) is 1. The Bertz CT molecular complexity index is 1360. The Kier molecular flexibility index (Phi) is 6.56. The Morgan fingerprint density at radius 1 is 1.05 bits per heavy atom. The summed E-state index contributed by atoms with van der Waals surface area (Å²) in [5.41, 5.74) is 4.19. The molecule has 2 heterocycles. The zero-order valence-corrected chi connectivity index (χ0v) is 22.2. The standard InChI is InChI=1S/C30H30ClNO6/c1-16-27(30(34)38-20-5-3-4-6-20)28(21-13-25-26(14-22(21)31)37-15-36-25)29-23(32-16)11-18(12-24(29)33)17-7-9-19(35-2)10-8-17/h7-10,13-14,18,20,28,32H,3-6,11-12,15H2,1-2H3/t18-,28+/m1/s1. The molecule has 0 radical (unpaired) electrons. The molecule has 0 aromatic heterocycles. The minimum Gasteiger partial charge on any atom is -0.497 e. The third-order valence-corrected chi connectivity index (χ3v) is 8.34. The van der Waals surface area contributed by atoms with Gasteiger partial charge >= 0.3 is 5.97 Å². The number of Topliss-reactive ketones (excluding diaryl/α,β-unsaturated/α-hetero) is 1. The molecule has 0 saturated heterocycles. The van der Waals surface area contributed by atoms with Crippen molar-refractivity contribution in [2.24, 2.45) is 0 Å². The normalized spacial score (nSPS) is 22.9. The number of hydrogen-bond acceptors (Lipinski definition) is 7. The molecular formula is C30H30ClNO6. The van der Waals surface area contributed by atoms with Gasteiger partial charge in [-0.1, -0.05) is 23.7 Å². The van der Waals surface area contributed by atoms with E-state index in [1.165, 1.54) is 0 Å². The van der Waals surface area contributed by atoms with Gasteiger partial charge in [0.15, 0.2) is 17.3 Å². The predicted octanol–water partition coefficient (Wildman–Crippen LogP) is 5.92. The van der Waals surface area contributed by atoms with Gasteiger partial charge in [-0.05, 0) is 74.3 Å². The molecule has 38 heavy (non-hydrogen) atoms. The fourth-order valence-electron chi connectivity index (χ4n) is 6.11. The van der Waals surface area contributed by atoms with E-state index < -0.39 is 11.9 Å². The highest BCUT2D eigenvalue weighted by Crippen LogP contribution is 2.50. The number of esters is 1. The summed E-state index contributed by atoms with van der Waals surface area (Å²) in [6, 6.07) is 11.3. The van der Waals surface area contributed by atoms with E-state index >= 15 is 0 Å². The van der Waals surface area contributed by atoms with Crippen LogP contribution in [0.4, 0.5) is 0 Å². The Morgan fingerprint density at radius 3 is 2.47 bits per heavy atom. The minimum atomic E-state index is -0.661. The van der Waals surface area contributed by atoms with E-state index in [0.717, 1.165) is 42.7 Å². The lowest BCUT2D eigenvalue weighted by Crippen LogP contribution is -2.36. The number of carbonyl (C=O) groups excluding carboxylic acids is 2. The van der Waals surface area contributed by atoms with Gasteiger partial charge in [0.25, 0.3) is 0 Å². The van der Waals surface area contributed by atoms with Crippen LogP contribution in [-0.2, 0) is 14.3 Å². The van der Waals surface area contributed by atoms with E-state index in [1.54, 1.807) is 19.2 Å². The summed E-state index contributed by atoms with van der Waals surface area (Å²) in [5, 5.41) is 3.83. The minimum absolute atomic E-state index is 0.00678. The van der Waals surface area contributed by atoms with Crippen LogP contribution in [0, 0.1) is 0 Å². The summed E-state index contributed by atoms with van der Waals surface area (Å²) in [7, 11) is 1.63. The van der Waals surface area contributed by atoms with Gasteiger partial charge in [-0.2, -0.15) is 0 Å². The van der Waals surface area contributed by atoms with Crippen LogP contribution in [0.25, 0.3) is 0 Å². The quantitative estimate of drug-likeness (QED) is 0.475. The van der Waals surface area contributed by atoms with Crippen LogP contribution in [0.2, 0.25) is 5.02 Å². The highest BCUT2D eigenvalue weighted by molar-refractivity contribution is 6.32. The molecule has 2 aromatic carbocycles. The Morgan fingerprint density at radius 2 is 1.76 bits per heavy atom. The molecule has 198 valence electrons. The molecule has 1 saturated carbocycles. The number of methoxy groups -OCH3 is 1. The maximum absolute atomic E-state index is 13.9. The lowest BCUT2D eigenvalue weighted by atomic mass is 9.71. The maximum atomic E-state index is 13.9. The van der Waals surface area contributed by atoms with Gasteiger partial charge in [0.1, 0.15) is 11.9 Å². The molecule has 2 atom stereocenters.